The lowest BCUT2D eigenvalue weighted by Gasteiger charge is -2.24. The molecule has 37 heavy (non-hydrogen) atoms. The maximum atomic E-state index is 13.2. The van der Waals surface area contributed by atoms with Crippen LogP contribution >= 0.6 is 0 Å². The number of amides is 2. The molecule has 2 amide bonds. The Morgan fingerprint density at radius 1 is 0.811 bits per heavy atom. The van der Waals surface area contributed by atoms with Crippen molar-refractivity contribution < 1.29 is 24.0 Å². The molecule has 1 N–H and O–H groups in total. The van der Waals surface area contributed by atoms with Gasteiger partial charge in [-0.05, 0) is 49.7 Å². The Morgan fingerprint density at radius 3 is 2.22 bits per heavy atom. The second-order valence-corrected chi connectivity index (χ2v) is 9.06. The Balaban J connectivity index is 1.49. The van der Waals surface area contributed by atoms with Crippen LogP contribution in [0.25, 0.3) is 0 Å². The molecule has 0 saturated carbocycles. The van der Waals surface area contributed by atoms with Crippen LogP contribution in [-0.2, 0) is 0 Å². The van der Waals surface area contributed by atoms with Crippen LogP contribution in [0.4, 0.5) is 11.4 Å². The second-order valence-electron chi connectivity index (χ2n) is 9.06. The summed E-state index contributed by atoms with van der Waals surface area (Å²) in [6.45, 7) is 4.68. The fraction of sp³-hybridized carbons (Fsp3) is 0.462. The average molecular weight is 512 g/mol. The number of nitrogens with one attached hydrogen (secondary N) is 1. The topological polar surface area (TPSA) is 117 Å². The standard InChI is InChI=1S/C26H33N5O6/c1-36-23-8-6-20(18-24(23)37-2)26(33)30-13-4-12-28(15-16-30)21-7-5-19(17-22(21)31(34)35)25(32)29-11-3-9-27-10-14-29/h5-8,17-18,27H,3-4,9-16H2,1-2H3. The number of carbonyl (C=O) groups is 2. The van der Waals surface area contributed by atoms with Crippen molar-refractivity contribution in [1.82, 2.24) is 15.1 Å². The first-order chi connectivity index (χ1) is 17.9. The van der Waals surface area contributed by atoms with Gasteiger partial charge in [0.15, 0.2) is 11.5 Å². The summed E-state index contributed by atoms with van der Waals surface area (Å²) >= 11 is 0. The fourth-order valence-electron chi connectivity index (χ4n) is 4.81. The summed E-state index contributed by atoms with van der Waals surface area (Å²) in [7, 11) is 3.06. The van der Waals surface area contributed by atoms with E-state index in [1.807, 2.05) is 4.90 Å². The number of nitrogens with zero attached hydrogens (tertiary/aromatic N) is 4. The van der Waals surface area contributed by atoms with Gasteiger partial charge in [-0.25, -0.2) is 0 Å². The molecule has 4 rings (SSSR count). The third kappa shape index (κ3) is 5.93. The Labute approximate surface area is 216 Å². The van der Waals surface area contributed by atoms with E-state index in [1.54, 1.807) is 40.1 Å². The SMILES string of the molecule is COc1ccc(C(=O)N2CCCN(c3ccc(C(=O)N4CCCNCC4)cc3[N+](=O)[O-])CC2)cc1OC. The van der Waals surface area contributed by atoms with Gasteiger partial charge in [-0.3, -0.25) is 19.7 Å². The molecule has 0 bridgehead atoms. The van der Waals surface area contributed by atoms with Gasteiger partial charge in [-0.15, -0.1) is 0 Å². The first-order valence-corrected chi connectivity index (χ1v) is 12.5. The Kier molecular flexibility index (Phi) is 8.44. The van der Waals surface area contributed by atoms with E-state index in [0.29, 0.717) is 80.5 Å². The number of rotatable bonds is 6. The number of nitro benzene ring substituents is 1. The molecule has 2 aromatic rings. The number of benzene rings is 2. The van der Waals surface area contributed by atoms with Crippen molar-refractivity contribution in [3.8, 4) is 11.5 Å². The molecule has 0 unspecified atom stereocenters. The van der Waals surface area contributed by atoms with Gasteiger partial charge >= 0.3 is 0 Å². The number of methoxy groups -OCH3 is 2. The lowest BCUT2D eigenvalue weighted by molar-refractivity contribution is -0.384. The minimum Gasteiger partial charge on any atom is -0.493 e. The maximum Gasteiger partial charge on any atom is 0.293 e. The van der Waals surface area contributed by atoms with Crippen LogP contribution in [0, 0.1) is 10.1 Å². The van der Waals surface area contributed by atoms with E-state index in [2.05, 4.69) is 5.32 Å². The lowest BCUT2D eigenvalue weighted by Crippen LogP contribution is -2.35. The third-order valence-corrected chi connectivity index (χ3v) is 6.80. The summed E-state index contributed by atoms with van der Waals surface area (Å²) in [5.41, 5.74) is 1.17. The van der Waals surface area contributed by atoms with E-state index >= 15 is 0 Å². The highest BCUT2D eigenvalue weighted by Crippen LogP contribution is 2.31. The van der Waals surface area contributed by atoms with Crippen molar-refractivity contribution >= 4 is 23.2 Å². The van der Waals surface area contributed by atoms with Crippen molar-refractivity contribution in [3.63, 3.8) is 0 Å². The molecule has 2 aromatic carbocycles. The molecule has 0 spiro atoms. The van der Waals surface area contributed by atoms with Gasteiger partial charge < -0.3 is 29.5 Å². The summed E-state index contributed by atoms with van der Waals surface area (Å²) < 4.78 is 10.6. The predicted octanol–water partition coefficient (Wildman–Crippen LogP) is 2.40. The number of anilines is 1. The highest BCUT2D eigenvalue weighted by molar-refractivity contribution is 5.96. The molecule has 2 heterocycles. The molecule has 0 aromatic heterocycles. The molecular weight excluding hydrogens is 478 g/mol. The maximum absolute atomic E-state index is 13.2. The van der Waals surface area contributed by atoms with Crippen molar-refractivity contribution in [2.45, 2.75) is 12.8 Å². The molecule has 198 valence electrons. The normalized spacial score (nSPS) is 16.5. The molecule has 2 saturated heterocycles. The monoisotopic (exact) mass is 511 g/mol. The first kappa shape index (κ1) is 26.2. The largest absolute Gasteiger partial charge is 0.493 e. The van der Waals surface area contributed by atoms with Crippen LogP contribution in [0.2, 0.25) is 0 Å². The van der Waals surface area contributed by atoms with Crippen molar-refractivity contribution in [2.24, 2.45) is 0 Å². The van der Waals surface area contributed by atoms with Crippen LogP contribution < -0.4 is 19.7 Å². The molecular formula is C26H33N5O6. The molecule has 0 radical (unpaired) electrons. The van der Waals surface area contributed by atoms with Crippen molar-refractivity contribution in [2.75, 3.05) is 71.5 Å². The summed E-state index contributed by atoms with van der Waals surface area (Å²) in [5.74, 6) is 0.695. The smallest absolute Gasteiger partial charge is 0.293 e. The molecule has 2 aliphatic rings. The number of hydrogen-bond donors (Lipinski definition) is 1. The number of nitro groups is 1. The number of hydrogen-bond acceptors (Lipinski definition) is 8. The van der Waals surface area contributed by atoms with Gasteiger partial charge in [0.1, 0.15) is 5.69 Å². The Hall–Kier alpha value is -3.86. The van der Waals surface area contributed by atoms with Crippen LogP contribution in [0.1, 0.15) is 33.6 Å². The van der Waals surface area contributed by atoms with Gasteiger partial charge in [-0.1, -0.05) is 0 Å². The second kappa shape index (κ2) is 11.9. The highest BCUT2D eigenvalue weighted by atomic mass is 16.6. The minimum atomic E-state index is -0.437. The van der Waals surface area contributed by atoms with Crippen molar-refractivity contribution in [3.05, 3.63) is 57.6 Å². The molecule has 2 fully saturated rings. The van der Waals surface area contributed by atoms with E-state index in [0.717, 1.165) is 13.0 Å². The quantitative estimate of drug-likeness (QED) is 0.464. The van der Waals surface area contributed by atoms with Gasteiger partial charge in [-0.2, -0.15) is 0 Å². The van der Waals surface area contributed by atoms with Crippen LogP contribution in [0.15, 0.2) is 36.4 Å². The van der Waals surface area contributed by atoms with E-state index in [1.165, 1.54) is 20.3 Å². The lowest BCUT2D eigenvalue weighted by atomic mass is 10.1. The van der Waals surface area contributed by atoms with Crippen LogP contribution in [-0.4, -0.2) is 93.1 Å². The first-order valence-electron chi connectivity index (χ1n) is 12.5. The van der Waals surface area contributed by atoms with Crippen LogP contribution in [0.5, 0.6) is 11.5 Å². The predicted molar refractivity (Wildman–Crippen MR) is 139 cm³/mol. The summed E-state index contributed by atoms with van der Waals surface area (Å²) in [6, 6.07) is 9.77. The Morgan fingerprint density at radius 2 is 1.49 bits per heavy atom. The zero-order valence-corrected chi connectivity index (χ0v) is 21.3. The van der Waals surface area contributed by atoms with E-state index in [-0.39, 0.29) is 17.5 Å². The third-order valence-electron chi connectivity index (χ3n) is 6.80. The summed E-state index contributed by atoms with van der Waals surface area (Å²) in [6.07, 6.45) is 1.50. The molecule has 11 heteroatoms. The minimum absolute atomic E-state index is 0.0986. The van der Waals surface area contributed by atoms with Crippen LogP contribution in [0.3, 0.4) is 0 Å². The van der Waals surface area contributed by atoms with Gasteiger partial charge in [0, 0.05) is 63.0 Å². The number of carbonyl (C=O) groups excluding carboxylic acids is 2. The molecule has 0 aliphatic carbocycles. The van der Waals surface area contributed by atoms with E-state index < -0.39 is 4.92 Å². The average Bonchev–Trinajstić information content (AvgIpc) is 3.35. The molecule has 0 atom stereocenters. The van der Waals surface area contributed by atoms with E-state index in [4.69, 9.17) is 9.47 Å². The Bertz CT molecular complexity index is 1150. The van der Waals surface area contributed by atoms with Crippen molar-refractivity contribution in [1.29, 1.82) is 0 Å². The zero-order valence-electron chi connectivity index (χ0n) is 21.3. The van der Waals surface area contributed by atoms with Gasteiger partial charge in [0.2, 0.25) is 0 Å². The highest BCUT2D eigenvalue weighted by Gasteiger charge is 2.27. The molecule has 11 nitrogen and oxygen atoms in total. The zero-order chi connectivity index (χ0) is 26.4. The van der Waals surface area contributed by atoms with Gasteiger partial charge in [0.05, 0.1) is 19.1 Å². The number of ether oxygens (including phenoxy) is 2. The van der Waals surface area contributed by atoms with Gasteiger partial charge in [0.25, 0.3) is 17.5 Å². The summed E-state index contributed by atoms with van der Waals surface area (Å²) in [5, 5.41) is 15.2. The fourth-order valence-corrected chi connectivity index (χ4v) is 4.81. The summed E-state index contributed by atoms with van der Waals surface area (Å²) in [4.78, 5) is 43.2. The molecule has 2 aliphatic heterocycles. The van der Waals surface area contributed by atoms with E-state index in [9.17, 15) is 19.7 Å².